The fraction of sp³-hybridized carbons (Fsp3) is 0.769. The molecule has 2 unspecified atom stereocenters. The van der Waals surface area contributed by atoms with Crippen LogP contribution in [0.3, 0.4) is 0 Å². The molecule has 0 rings (SSSR count). The van der Waals surface area contributed by atoms with Crippen molar-refractivity contribution in [2.24, 2.45) is 0 Å². The largest absolute Gasteiger partial charge is 0.480 e. The van der Waals surface area contributed by atoms with E-state index in [1.807, 2.05) is 13.0 Å². The Morgan fingerprint density at radius 1 is 1.44 bits per heavy atom. The van der Waals surface area contributed by atoms with Crippen molar-refractivity contribution in [3.63, 3.8) is 0 Å². The first-order chi connectivity index (χ1) is 7.61. The van der Waals surface area contributed by atoms with Crippen molar-refractivity contribution in [1.82, 2.24) is 5.32 Å². The Balaban J connectivity index is 3.76. The molecule has 0 spiro atoms. The van der Waals surface area contributed by atoms with Gasteiger partial charge in [0, 0.05) is 6.04 Å². The number of nitrogens with one attached hydrogen (secondary N) is 1. The van der Waals surface area contributed by atoms with E-state index >= 15 is 0 Å². The monoisotopic (exact) mass is 227 g/mol. The molecule has 0 amide bonds. The van der Waals surface area contributed by atoms with Gasteiger partial charge in [-0.2, -0.15) is 0 Å². The van der Waals surface area contributed by atoms with Crippen LogP contribution in [-0.2, 0) is 4.79 Å². The summed E-state index contributed by atoms with van der Waals surface area (Å²) in [4.78, 5) is 10.9. The first-order valence-corrected chi connectivity index (χ1v) is 6.21. The van der Waals surface area contributed by atoms with Crippen molar-refractivity contribution >= 4 is 5.97 Å². The standard InChI is InChI=1S/C13H25NO2/c1-4-6-7-8-10-11(3)14-12(9-5-2)13(15)16/h4,11-12,14H,1,5-10H2,2-3H3,(H,15,16). The minimum absolute atomic E-state index is 0.275. The van der Waals surface area contributed by atoms with E-state index in [-0.39, 0.29) is 12.1 Å². The number of hydrogen-bond donors (Lipinski definition) is 2. The zero-order chi connectivity index (χ0) is 12.4. The first kappa shape index (κ1) is 15.2. The summed E-state index contributed by atoms with van der Waals surface area (Å²) in [5.41, 5.74) is 0. The second-order valence-corrected chi connectivity index (χ2v) is 4.32. The summed E-state index contributed by atoms with van der Waals surface area (Å²) in [6.07, 6.45) is 7.86. The maximum absolute atomic E-state index is 10.9. The Labute approximate surface area is 98.9 Å². The van der Waals surface area contributed by atoms with Crippen LogP contribution in [-0.4, -0.2) is 23.2 Å². The molecule has 2 N–H and O–H groups in total. The van der Waals surface area contributed by atoms with Crippen LogP contribution in [0.25, 0.3) is 0 Å². The molecule has 0 aliphatic heterocycles. The van der Waals surface area contributed by atoms with Gasteiger partial charge in [0.05, 0.1) is 0 Å². The van der Waals surface area contributed by atoms with E-state index in [2.05, 4.69) is 18.8 Å². The Kier molecular flexibility index (Phi) is 8.91. The molecule has 16 heavy (non-hydrogen) atoms. The number of carboxylic acid groups (broad SMARTS) is 1. The van der Waals surface area contributed by atoms with Gasteiger partial charge in [0.25, 0.3) is 0 Å². The van der Waals surface area contributed by atoms with Gasteiger partial charge in [-0.05, 0) is 32.6 Å². The van der Waals surface area contributed by atoms with Crippen LogP contribution in [0.4, 0.5) is 0 Å². The maximum atomic E-state index is 10.9. The van der Waals surface area contributed by atoms with Gasteiger partial charge < -0.3 is 10.4 Å². The van der Waals surface area contributed by atoms with Crippen LogP contribution in [0, 0.1) is 0 Å². The summed E-state index contributed by atoms with van der Waals surface area (Å²) in [5.74, 6) is -0.736. The van der Waals surface area contributed by atoms with Crippen molar-refractivity contribution in [3.05, 3.63) is 12.7 Å². The van der Waals surface area contributed by atoms with E-state index in [4.69, 9.17) is 5.11 Å². The molecule has 0 aliphatic rings. The zero-order valence-electron chi connectivity index (χ0n) is 10.5. The minimum atomic E-state index is -0.736. The van der Waals surface area contributed by atoms with Crippen molar-refractivity contribution in [1.29, 1.82) is 0 Å². The molecule has 0 saturated carbocycles. The number of carboxylic acids is 1. The van der Waals surface area contributed by atoms with Crippen LogP contribution in [0.15, 0.2) is 12.7 Å². The lowest BCUT2D eigenvalue weighted by molar-refractivity contribution is -0.139. The van der Waals surface area contributed by atoms with Crippen molar-refractivity contribution in [2.75, 3.05) is 0 Å². The molecule has 0 aliphatic carbocycles. The van der Waals surface area contributed by atoms with Crippen LogP contribution < -0.4 is 5.32 Å². The topological polar surface area (TPSA) is 49.3 Å². The van der Waals surface area contributed by atoms with E-state index in [1.165, 1.54) is 0 Å². The molecule has 0 fully saturated rings. The molecule has 3 nitrogen and oxygen atoms in total. The molecule has 2 atom stereocenters. The smallest absolute Gasteiger partial charge is 0.320 e. The van der Waals surface area contributed by atoms with E-state index < -0.39 is 5.97 Å². The maximum Gasteiger partial charge on any atom is 0.320 e. The van der Waals surface area contributed by atoms with E-state index in [0.29, 0.717) is 6.42 Å². The predicted molar refractivity (Wildman–Crippen MR) is 67.6 cm³/mol. The molecule has 0 radical (unpaired) electrons. The summed E-state index contributed by atoms with van der Waals surface area (Å²) in [6.45, 7) is 7.74. The molecule has 3 heteroatoms. The molecule has 0 aromatic carbocycles. The van der Waals surface area contributed by atoms with Gasteiger partial charge in [-0.3, -0.25) is 4.79 Å². The van der Waals surface area contributed by atoms with Gasteiger partial charge in [-0.25, -0.2) is 0 Å². The lowest BCUT2D eigenvalue weighted by Crippen LogP contribution is -2.41. The van der Waals surface area contributed by atoms with Gasteiger partial charge in [0.15, 0.2) is 0 Å². The third-order valence-electron chi connectivity index (χ3n) is 2.66. The third-order valence-corrected chi connectivity index (χ3v) is 2.66. The van der Waals surface area contributed by atoms with Crippen molar-refractivity contribution < 1.29 is 9.90 Å². The Morgan fingerprint density at radius 3 is 2.62 bits per heavy atom. The van der Waals surface area contributed by atoms with Crippen LogP contribution >= 0.6 is 0 Å². The van der Waals surface area contributed by atoms with E-state index in [0.717, 1.165) is 32.1 Å². The summed E-state index contributed by atoms with van der Waals surface area (Å²) < 4.78 is 0. The number of hydrogen-bond acceptors (Lipinski definition) is 2. The molecular formula is C13H25NO2. The average molecular weight is 227 g/mol. The fourth-order valence-electron chi connectivity index (χ4n) is 1.73. The molecule has 0 aromatic heterocycles. The van der Waals surface area contributed by atoms with Crippen molar-refractivity contribution in [2.45, 2.75) is 64.5 Å². The molecular weight excluding hydrogens is 202 g/mol. The number of aliphatic carboxylic acids is 1. The van der Waals surface area contributed by atoms with Gasteiger partial charge in [-0.1, -0.05) is 25.8 Å². The lowest BCUT2D eigenvalue weighted by Gasteiger charge is -2.19. The van der Waals surface area contributed by atoms with Gasteiger partial charge >= 0.3 is 5.97 Å². The van der Waals surface area contributed by atoms with Gasteiger partial charge in [0.2, 0.25) is 0 Å². The average Bonchev–Trinajstić information content (AvgIpc) is 2.23. The second kappa shape index (κ2) is 9.40. The third kappa shape index (κ3) is 7.46. The van der Waals surface area contributed by atoms with Gasteiger partial charge in [0.1, 0.15) is 6.04 Å². The van der Waals surface area contributed by atoms with Gasteiger partial charge in [-0.15, -0.1) is 6.58 Å². The highest BCUT2D eigenvalue weighted by molar-refractivity contribution is 5.73. The zero-order valence-corrected chi connectivity index (χ0v) is 10.5. The van der Waals surface area contributed by atoms with Crippen molar-refractivity contribution in [3.8, 4) is 0 Å². The summed E-state index contributed by atoms with van der Waals surface area (Å²) in [6, 6.07) is -0.114. The Morgan fingerprint density at radius 2 is 2.12 bits per heavy atom. The number of allylic oxidation sites excluding steroid dienone is 1. The highest BCUT2D eigenvalue weighted by Gasteiger charge is 2.17. The normalized spacial score (nSPS) is 14.4. The predicted octanol–water partition coefficient (Wildman–Crippen LogP) is 2.96. The first-order valence-electron chi connectivity index (χ1n) is 6.21. The quantitative estimate of drug-likeness (QED) is 0.445. The van der Waals surface area contributed by atoms with E-state index in [9.17, 15) is 4.79 Å². The van der Waals surface area contributed by atoms with Crippen LogP contribution in [0.1, 0.15) is 52.4 Å². The number of rotatable bonds is 10. The lowest BCUT2D eigenvalue weighted by atomic mass is 10.1. The summed E-state index contributed by atoms with van der Waals surface area (Å²) >= 11 is 0. The minimum Gasteiger partial charge on any atom is -0.480 e. The molecule has 0 bridgehead atoms. The van der Waals surface area contributed by atoms with E-state index in [1.54, 1.807) is 0 Å². The summed E-state index contributed by atoms with van der Waals surface area (Å²) in [5, 5.41) is 12.2. The summed E-state index contributed by atoms with van der Waals surface area (Å²) in [7, 11) is 0. The Bertz CT molecular complexity index is 204. The Hall–Kier alpha value is -0.830. The number of carbonyl (C=O) groups is 1. The highest BCUT2D eigenvalue weighted by Crippen LogP contribution is 2.06. The highest BCUT2D eigenvalue weighted by atomic mass is 16.4. The van der Waals surface area contributed by atoms with Crippen LogP contribution in [0.2, 0.25) is 0 Å². The fourth-order valence-corrected chi connectivity index (χ4v) is 1.73. The molecule has 94 valence electrons. The van der Waals surface area contributed by atoms with Crippen LogP contribution in [0.5, 0.6) is 0 Å². The SMILES string of the molecule is C=CCCCCC(C)NC(CCC)C(=O)O. The molecule has 0 saturated heterocycles. The molecule has 0 heterocycles. The second-order valence-electron chi connectivity index (χ2n) is 4.32. The molecule has 0 aromatic rings. The number of unbranched alkanes of at least 4 members (excludes halogenated alkanes) is 2.